The van der Waals surface area contributed by atoms with E-state index in [1.807, 2.05) is 43.3 Å². The number of hydrogen-bond acceptors (Lipinski definition) is 4. The number of fused-ring (bicyclic) bond motifs is 3. The molecule has 1 saturated carbocycles. The second kappa shape index (κ2) is 10.7. The van der Waals surface area contributed by atoms with Gasteiger partial charge in [0.2, 0.25) is 0 Å². The van der Waals surface area contributed by atoms with Crippen molar-refractivity contribution < 1.29 is 14.4 Å². The fraction of sp³-hybridized carbons (Fsp3) is 0.344. The first-order valence-corrected chi connectivity index (χ1v) is 13.4. The van der Waals surface area contributed by atoms with Gasteiger partial charge in [0.15, 0.2) is 5.78 Å². The van der Waals surface area contributed by atoms with Gasteiger partial charge in [0.25, 0.3) is 0 Å². The molecule has 0 spiro atoms. The fourth-order valence-corrected chi connectivity index (χ4v) is 5.75. The topological polar surface area (TPSA) is 60.7 Å². The molecule has 0 unspecified atom stereocenters. The third-order valence-electron chi connectivity index (χ3n) is 7.71. The van der Waals surface area contributed by atoms with Crippen LogP contribution in [0.4, 0.5) is 0 Å². The van der Waals surface area contributed by atoms with E-state index in [1.165, 1.54) is 32.6 Å². The summed E-state index contributed by atoms with van der Waals surface area (Å²) < 4.78 is 2.28. The maximum atomic E-state index is 13.4. The van der Waals surface area contributed by atoms with Gasteiger partial charge in [-0.2, -0.15) is 0 Å². The Morgan fingerprint density at radius 3 is 2.24 bits per heavy atom. The molecule has 0 aliphatic heterocycles. The van der Waals surface area contributed by atoms with E-state index in [0.29, 0.717) is 11.5 Å². The second-order valence-corrected chi connectivity index (χ2v) is 10.2. The lowest BCUT2D eigenvalue weighted by atomic mass is 9.95. The Balaban J connectivity index is 1.58. The smallest absolute Gasteiger partial charge is 0.331 e. The summed E-state index contributed by atoms with van der Waals surface area (Å²) in [5.41, 5.74) is 6.34. The van der Waals surface area contributed by atoms with Gasteiger partial charge in [0.05, 0.1) is 5.71 Å². The summed E-state index contributed by atoms with van der Waals surface area (Å²) in [5.74, 6) is 0.326. The van der Waals surface area contributed by atoms with E-state index in [0.717, 1.165) is 63.6 Å². The number of ketones is 1. The zero-order valence-corrected chi connectivity index (χ0v) is 21.9. The van der Waals surface area contributed by atoms with Crippen molar-refractivity contribution in [3.8, 4) is 0 Å². The predicted octanol–water partition coefficient (Wildman–Crippen LogP) is 7.59. The van der Waals surface area contributed by atoms with E-state index < -0.39 is 5.97 Å². The monoisotopic (exact) mass is 494 g/mol. The summed E-state index contributed by atoms with van der Waals surface area (Å²) in [4.78, 5) is 30.0. The molecule has 0 N–H and O–H groups in total. The third-order valence-corrected chi connectivity index (χ3v) is 7.71. The van der Waals surface area contributed by atoms with Gasteiger partial charge in [-0.3, -0.25) is 4.79 Å². The molecule has 0 saturated heterocycles. The number of carbonyl (C=O) groups excluding carboxylic acids is 2. The van der Waals surface area contributed by atoms with Crippen LogP contribution in [0, 0.1) is 12.8 Å². The summed E-state index contributed by atoms with van der Waals surface area (Å²) in [5, 5.41) is 6.39. The largest absolute Gasteiger partial charge is 0.341 e. The molecule has 1 aliphatic rings. The molecule has 0 atom stereocenters. The Morgan fingerprint density at radius 2 is 1.59 bits per heavy atom. The number of benzene rings is 3. The van der Waals surface area contributed by atoms with Gasteiger partial charge in [0, 0.05) is 52.0 Å². The average molecular weight is 495 g/mol. The number of rotatable bonds is 8. The third kappa shape index (κ3) is 5.08. The van der Waals surface area contributed by atoms with Crippen molar-refractivity contribution in [2.24, 2.45) is 11.1 Å². The predicted molar refractivity (Wildman–Crippen MR) is 149 cm³/mol. The molecule has 3 aromatic carbocycles. The van der Waals surface area contributed by atoms with Crippen LogP contribution in [0.25, 0.3) is 21.8 Å². The van der Waals surface area contributed by atoms with E-state index in [1.54, 1.807) is 0 Å². The summed E-state index contributed by atoms with van der Waals surface area (Å²) >= 11 is 0. The summed E-state index contributed by atoms with van der Waals surface area (Å²) in [7, 11) is 0. The zero-order chi connectivity index (χ0) is 25.9. The molecule has 4 aromatic rings. The van der Waals surface area contributed by atoms with Crippen LogP contribution in [-0.2, 0) is 16.2 Å². The molecular formula is C32H34N2O3. The van der Waals surface area contributed by atoms with Crippen LogP contribution >= 0.6 is 0 Å². The average Bonchev–Trinajstić information content (AvgIpc) is 3.53. The summed E-state index contributed by atoms with van der Waals surface area (Å²) in [6, 6.07) is 20.0. The van der Waals surface area contributed by atoms with Crippen LogP contribution in [0.5, 0.6) is 0 Å². The molecule has 190 valence electrons. The minimum Gasteiger partial charge on any atom is -0.341 e. The molecule has 5 rings (SSSR count). The Bertz CT molecular complexity index is 1510. The van der Waals surface area contributed by atoms with Crippen molar-refractivity contribution in [1.82, 2.24) is 4.57 Å². The Kier molecular flexibility index (Phi) is 7.22. The van der Waals surface area contributed by atoms with Crippen molar-refractivity contribution in [1.29, 1.82) is 0 Å². The number of carbonyl (C=O) groups is 2. The highest BCUT2D eigenvalue weighted by Gasteiger charge is 2.19. The van der Waals surface area contributed by atoms with Crippen LogP contribution < -0.4 is 0 Å². The van der Waals surface area contributed by atoms with Crippen LogP contribution in [-0.4, -0.2) is 22.0 Å². The number of aromatic nitrogens is 1. The molecule has 0 amide bonds. The van der Waals surface area contributed by atoms with Crippen LogP contribution in [0.2, 0.25) is 0 Å². The Morgan fingerprint density at radius 1 is 0.946 bits per heavy atom. The SMILES string of the molecule is CCn1c2ccc(C(=O)c3ccccc3C)cc2c2cc(/C(CCC3CCCC3)=N/OC(C)=O)ccc21. The molecule has 1 aliphatic carbocycles. The number of nitrogens with zero attached hydrogens (tertiary/aromatic N) is 2. The highest BCUT2D eigenvalue weighted by molar-refractivity contribution is 6.16. The molecular weight excluding hydrogens is 460 g/mol. The van der Waals surface area contributed by atoms with E-state index >= 15 is 0 Å². The molecule has 5 heteroatoms. The molecule has 5 nitrogen and oxygen atoms in total. The van der Waals surface area contributed by atoms with Crippen molar-refractivity contribution in [2.45, 2.75) is 65.8 Å². The van der Waals surface area contributed by atoms with Gasteiger partial charge in [-0.05, 0) is 68.5 Å². The number of oxime groups is 1. The molecule has 1 fully saturated rings. The standard InChI is InChI=1S/C32H34N2O3/c1-4-34-30-17-14-24(29(33-37-22(3)35)16-13-23-10-6-7-11-23)19-27(30)28-20-25(15-18-31(28)34)32(36)26-12-8-5-9-21(26)2/h5,8-9,12,14-15,17-20,23H,4,6-7,10-11,13,16H2,1-3H3/b33-29+. The quantitative estimate of drug-likeness (QED) is 0.110. The molecule has 1 heterocycles. The van der Waals surface area contributed by atoms with Gasteiger partial charge < -0.3 is 9.40 Å². The van der Waals surface area contributed by atoms with E-state index in [-0.39, 0.29) is 5.78 Å². The highest BCUT2D eigenvalue weighted by atomic mass is 16.7. The number of aryl methyl sites for hydroxylation is 2. The lowest BCUT2D eigenvalue weighted by molar-refractivity contribution is -0.140. The maximum Gasteiger partial charge on any atom is 0.331 e. The van der Waals surface area contributed by atoms with E-state index in [9.17, 15) is 9.59 Å². The van der Waals surface area contributed by atoms with Crippen LogP contribution in [0.15, 0.2) is 65.8 Å². The first-order chi connectivity index (χ1) is 18.0. The van der Waals surface area contributed by atoms with Crippen molar-refractivity contribution >= 4 is 39.3 Å². The first-order valence-electron chi connectivity index (χ1n) is 13.4. The lowest BCUT2D eigenvalue weighted by Gasteiger charge is -2.11. The molecule has 0 radical (unpaired) electrons. The summed E-state index contributed by atoms with van der Waals surface area (Å²) in [6.45, 7) is 6.30. The lowest BCUT2D eigenvalue weighted by Crippen LogP contribution is -2.07. The van der Waals surface area contributed by atoms with Gasteiger partial charge in [-0.15, -0.1) is 0 Å². The van der Waals surface area contributed by atoms with Gasteiger partial charge in [-0.25, -0.2) is 4.79 Å². The van der Waals surface area contributed by atoms with E-state index in [4.69, 9.17) is 4.84 Å². The molecule has 0 bridgehead atoms. The Hall–Kier alpha value is -3.73. The number of hydrogen-bond donors (Lipinski definition) is 0. The van der Waals surface area contributed by atoms with Gasteiger partial charge in [-0.1, -0.05) is 61.2 Å². The van der Waals surface area contributed by atoms with Crippen LogP contribution in [0.3, 0.4) is 0 Å². The maximum absolute atomic E-state index is 13.4. The van der Waals surface area contributed by atoms with Gasteiger partial charge in [0.1, 0.15) is 0 Å². The minimum absolute atomic E-state index is 0.0298. The molecule has 37 heavy (non-hydrogen) atoms. The first kappa shape index (κ1) is 24.9. The van der Waals surface area contributed by atoms with Crippen molar-refractivity contribution in [3.63, 3.8) is 0 Å². The summed E-state index contributed by atoms with van der Waals surface area (Å²) in [6.07, 6.45) is 6.94. The zero-order valence-electron chi connectivity index (χ0n) is 21.9. The second-order valence-electron chi connectivity index (χ2n) is 10.2. The normalized spacial score (nSPS) is 14.5. The minimum atomic E-state index is -0.415. The van der Waals surface area contributed by atoms with E-state index in [2.05, 4.69) is 40.9 Å². The highest BCUT2D eigenvalue weighted by Crippen LogP contribution is 2.33. The van der Waals surface area contributed by atoms with Gasteiger partial charge >= 0.3 is 5.97 Å². The fourth-order valence-electron chi connectivity index (χ4n) is 5.75. The Labute approximate surface area is 218 Å². The van der Waals surface area contributed by atoms with Crippen molar-refractivity contribution in [2.75, 3.05) is 0 Å². The van der Waals surface area contributed by atoms with Crippen molar-refractivity contribution in [3.05, 3.63) is 82.9 Å². The molecule has 1 aromatic heterocycles. The van der Waals surface area contributed by atoms with Crippen LogP contribution in [0.1, 0.15) is 79.4 Å².